The summed E-state index contributed by atoms with van der Waals surface area (Å²) in [6.07, 6.45) is 0.689. The van der Waals surface area contributed by atoms with Crippen LogP contribution in [-0.4, -0.2) is 53.5 Å². The molecular weight excluding hydrogens is 262 g/mol. The molecule has 112 valence electrons. The van der Waals surface area contributed by atoms with Crippen LogP contribution in [0.15, 0.2) is 0 Å². The van der Waals surface area contributed by atoms with Crippen molar-refractivity contribution in [2.45, 2.75) is 57.4 Å². The minimum Gasteiger partial charge on any atom is -0.364 e. The van der Waals surface area contributed by atoms with Crippen molar-refractivity contribution in [2.24, 2.45) is 5.73 Å². The summed E-state index contributed by atoms with van der Waals surface area (Å²) in [5.74, 6) is -0.924. The van der Waals surface area contributed by atoms with E-state index in [1.807, 2.05) is 0 Å². The number of nitrogens with zero attached hydrogens (tertiary/aromatic N) is 1. The first kappa shape index (κ1) is 14.9. The Balaban J connectivity index is 1.93. The summed E-state index contributed by atoms with van der Waals surface area (Å²) in [6, 6.07) is -0.959. The van der Waals surface area contributed by atoms with Crippen LogP contribution in [0.3, 0.4) is 0 Å². The molecule has 2 aliphatic rings. The molecule has 0 aliphatic carbocycles. The van der Waals surface area contributed by atoms with Crippen LogP contribution in [0, 0.1) is 0 Å². The Labute approximate surface area is 117 Å². The van der Waals surface area contributed by atoms with E-state index in [1.54, 1.807) is 13.8 Å². The lowest BCUT2D eigenvalue weighted by molar-refractivity contribution is -0.142. The Morgan fingerprint density at radius 1 is 1.45 bits per heavy atom. The van der Waals surface area contributed by atoms with E-state index in [4.69, 9.17) is 10.5 Å². The van der Waals surface area contributed by atoms with Crippen molar-refractivity contribution in [1.29, 1.82) is 0 Å². The van der Waals surface area contributed by atoms with E-state index in [1.165, 1.54) is 4.90 Å². The van der Waals surface area contributed by atoms with E-state index >= 15 is 0 Å². The van der Waals surface area contributed by atoms with Gasteiger partial charge in [0.05, 0.1) is 12.5 Å². The first-order valence-corrected chi connectivity index (χ1v) is 6.95. The second kappa shape index (κ2) is 5.88. The van der Waals surface area contributed by atoms with Crippen molar-refractivity contribution in [3.63, 3.8) is 0 Å². The SMILES string of the molecule is CC(C)N1C(=O)CC(NC(=O)[C@@H]2CC[C@H](CN)O2)C1=O. The van der Waals surface area contributed by atoms with Gasteiger partial charge in [-0.05, 0) is 26.7 Å². The number of carbonyl (C=O) groups excluding carboxylic acids is 3. The average molecular weight is 283 g/mol. The lowest BCUT2D eigenvalue weighted by atomic mass is 10.1. The van der Waals surface area contributed by atoms with E-state index in [0.29, 0.717) is 13.0 Å². The number of ether oxygens (including phenoxy) is 1. The predicted octanol–water partition coefficient (Wildman–Crippen LogP) is -0.855. The van der Waals surface area contributed by atoms with Gasteiger partial charge in [0.1, 0.15) is 12.1 Å². The van der Waals surface area contributed by atoms with E-state index < -0.39 is 12.1 Å². The zero-order valence-corrected chi connectivity index (χ0v) is 11.8. The Hall–Kier alpha value is -1.47. The highest BCUT2D eigenvalue weighted by atomic mass is 16.5. The molecule has 2 saturated heterocycles. The smallest absolute Gasteiger partial charge is 0.252 e. The molecule has 3 N–H and O–H groups in total. The van der Waals surface area contributed by atoms with Crippen molar-refractivity contribution in [2.75, 3.05) is 6.54 Å². The van der Waals surface area contributed by atoms with Gasteiger partial charge in [-0.1, -0.05) is 0 Å². The van der Waals surface area contributed by atoms with Crippen LogP contribution in [0.1, 0.15) is 33.1 Å². The molecule has 7 nitrogen and oxygen atoms in total. The molecule has 0 aromatic carbocycles. The fourth-order valence-corrected chi connectivity index (χ4v) is 2.64. The summed E-state index contributed by atoms with van der Waals surface area (Å²) >= 11 is 0. The molecule has 2 rings (SSSR count). The van der Waals surface area contributed by atoms with Gasteiger partial charge in [0, 0.05) is 12.6 Å². The van der Waals surface area contributed by atoms with E-state index in [-0.39, 0.29) is 36.3 Å². The van der Waals surface area contributed by atoms with E-state index in [0.717, 1.165) is 6.42 Å². The third-order valence-electron chi connectivity index (χ3n) is 3.68. The number of imide groups is 1. The second-order valence-electron chi connectivity index (χ2n) is 5.52. The number of likely N-dealkylation sites (tertiary alicyclic amines) is 1. The predicted molar refractivity (Wildman–Crippen MR) is 70.5 cm³/mol. The number of carbonyl (C=O) groups is 3. The lowest BCUT2D eigenvalue weighted by Crippen LogP contribution is -2.47. The van der Waals surface area contributed by atoms with Gasteiger partial charge in [0.2, 0.25) is 11.8 Å². The summed E-state index contributed by atoms with van der Waals surface area (Å²) in [7, 11) is 0. The van der Waals surface area contributed by atoms with E-state index in [2.05, 4.69) is 5.32 Å². The maximum Gasteiger partial charge on any atom is 0.252 e. The van der Waals surface area contributed by atoms with Gasteiger partial charge in [-0.25, -0.2) is 0 Å². The quantitative estimate of drug-likeness (QED) is 0.654. The van der Waals surface area contributed by atoms with Crippen LogP contribution < -0.4 is 11.1 Å². The van der Waals surface area contributed by atoms with E-state index in [9.17, 15) is 14.4 Å². The number of hydrogen-bond acceptors (Lipinski definition) is 5. The zero-order chi connectivity index (χ0) is 14.9. The normalized spacial score (nSPS) is 30.4. The highest BCUT2D eigenvalue weighted by molar-refractivity contribution is 6.07. The summed E-state index contributed by atoms with van der Waals surface area (Å²) in [5, 5.41) is 2.61. The number of nitrogens with two attached hydrogens (primary N) is 1. The molecule has 2 fully saturated rings. The molecule has 7 heteroatoms. The van der Waals surface area contributed by atoms with Gasteiger partial charge >= 0.3 is 0 Å². The summed E-state index contributed by atoms with van der Waals surface area (Å²) in [6.45, 7) is 3.92. The van der Waals surface area contributed by atoms with Crippen molar-refractivity contribution in [3.05, 3.63) is 0 Å². The molecule has 3 atom stereocenters. The standard InChI is InChI=1S/C13H21N3O4/c1-7(2)16-11(17)5-9(13(16)19)15-12(18)10-4-3-8(6-14)20-10/h7-10H,3-6,14H2,1-2H3,(H,15,18)/t8-,9?,10+/m1/s1. The Morgan fingerprint density at radius 3 is 2.65 bits per heavy atom. The molecule has 1 unspecified atom stereocenters. The van der Waals surface area contributed by atoms with Gasteiger partial charge in [0.25, 0.3) is 5.91 Å². The molecule has 0 saturated carbocycles. The molecule has 20 heavy (non-hydrogen) atoms. The summed E-state index contributed by atoms with van der Waals surface area (Å²) in [5.41, 5.74) is 5.49. The molecule has 0 spiro atoms. The highest BCUT2D eigenvalue weighted by Gasteiger charge is 2.42. The molecule has 3 amide bonds. The minimum atomic E-state index is -0.766. The molecule has 2 aliphatic heterocycles. The Bertz CT molecular complexity index is 424. The third-order valence-corrected chi connectivity index (χ3v) is 3.68. The van der Waals surface area contributed by atoms with Crippen LogP contribution in [0.4, 0.5) is 0 Å². The number of amides is 3. The fourth-order valence-electron chi connectivity index (χ4n) is 2.64. The molecule has 0 radical (unpaired) electrons. The number of nitrogens with one attached hydrogen (secondary N) is 1. The first-order chi connectivity index (χ1) is 9.43. The monoisotopic (exact) mass is 283 g/mol. The van der Waals surface area contributed by atoms with Gasteiger partial charge in [0.15, 0.2) is 0 Å². The van der Waals surface area contributed by atoms with Crippen LogP contribution >= 0.6 is 0 Å². The van der Waals surface area contributed by atoms with Crippen molar-refractivity contribution >= 4 is 17.7 Å². The largest absolute Gasteiger partial charge is 0.364 e. The highest BCUT2D eigenvalue weighted by Crippen LogP contribution is 2.21. The van der Waals surface area contributed by atoms with Crippen LogP contribution in [0.25, 0.3) is 0 Å². The minimum absolute atomic E-state index is 0.0236. The van der Waals surface area contributed by atoms with Crippen molar-refractivity contribution in [1.82, 2.24) is 10.2 Å². The van der Waals surface area contributed by atoms with Gasteiger partial charge in [-0.15, -0.1) is 0 Å². The Morgan fingerprint density at radius 2 is 2.15 bits per heavy atom. The molecule has 0 bridgehead atoms. The van der Waals surface area contributed by atoms with Gasteiger partial charge < -0.3 is 15.8 Å². The molecular formula is C13H21N3O4. The Kier molecular flexibility index (Phi) is 4.39. The number of rotatable bonds is 4. The molecule has 0 aromatic heterocycles. The van der Waals surface area contributed by atoms with Crippen LogP contribution in [0.2, 0.25) is 0 Å². The first-order valence-electron chi connectivity index (χ1n) is 6.95. The van der Waals surface area contributed by atoms with Gasteiger partial charge in [-0.2, -0.15) is 0 Å². The third kappa shape index (κ3) is 2.83. The molecule has 2 heterocycles. The van der Waals surface area contributed by atoms with Crippen LogP contribution in [-0.2, 0) is 19.1 Å². The zero-order valence-electron chi connectivity index (χ0n) is 11.8. The fraction of sp³-hybridized carbons (Fsp3) is 0.769. The average Bonchev–Trinajstić information content (AvgIpc) is 2.95. The summed E-state index contributed by atoms with van der Waals surface area (Å²) < 4.78 is 5.47. The summed E-state index contributed by atoms with van der Waals surface area (Å²) in [4.78, 5) is 37.0. The molecule has 0 aromatic rings. The maximum absolute atomic E-state index is 12.1. The van der Waals surface area contributed by atoms with Crippen LogP contribution in [0.5, 0.6) is 0 Å². The van der Waals surface area contributed by atoms with Gasteiger partial charge in [-0.3, -0.25) is 19.3 Å². The lowest BCUT2D eigenvalue weighted by Gasteiger charge is -2.20. The second-order valence-corrected chi connectivity index (χ2v) is 5.52. The maximum atomic E-state index is 12.1. The topological polar surface area (TPSA) is 102 Å². The number of hydrogen-bond donors (Lipinski definition) is 2. The van der Waals surface area contributed by atoms with Crippen molar-refractivity contribution in [3.8, 4) is 0 Å². The van der Waals surface area contributed by atoms with Crippen molar-refractivity contribution < 1.29 is 19.1 Å².